The number of hydrogen-bond acceptors (Lipinski definition) is 1. The number of unbranched alkanes of at least 4 members (excludes halogenated alkanes) is 3. The van der Waals surface area contributed by atoms with Crippen LogP contribution in [0.4, 0.5) is 0 Å². The number of halogens is 2. The lowest BCUT2D eigenvalue weighted by molar-refractivity contribution is 0.0872. The number of ether oxygens (including phenoxy) is 1. The molecule has 0 fully saturated rings. The quantitative estimate of drug-likeness (QED) is 0.467. The summed E-state index contributed by atoms with van der Waals surface area (Å²) in [4.78, 5) is 0. The fourth-order valence-electron chi connectivity index (χ4n) is 0.780. The molecule has 0 atom stereocenters. The maximum absolute atomic E-state index is 5.59. The van der Waals surface area contributed by atoms with Crippen LogP contribution in [0, 0.1) is 0 Å². The fourth-order valence-corrected chi connectivity index (χ4v) is 0.935. The fraction of sp³-hybridized carbons (Fsp3) is 1.00. The van der Waals surface area contributed by atoms with E-state index in [-0.39, 0.29) is 0 Å². The van der Waals surface area contributed by atoms with E-state index in [0.29, 0.717) is 6.61 Å². The zero-order valence-corrected chi connectivity index (χ0v) is 8.71. The molecule has 0 unspecified atom stereocenters. The van der Waals surface area contributed by atoms with Gasteiger partial charge in [0.1, 0.15) is 0 Å². The largest absolute Gasteiger partial charge is 0.347 e. The molecule has 0 aromatic rings. The molecule has 0 rings (SSSR count). The molecule has 3 heteroatoms. The molecule has 0 saturated carbocycles. The zero-order valence-electron chi connectivity index (χ0n) is 7.20. The summed E-state index contributed by atoms with van der Waals surface area (Å²) >= 11 is 11.2. The number of rotatable bonds is 6. The van der Waals surface area contributed by atoms with Crippen LogP contribution in [0.1, 0.15) is 39.5 Å². The third kappa shape index (κ3) is 10.5. The molecular formula is C8H16Cl2O. The first-order chi connectivity index (χ1) is 5.06. The molecule has 0 amide bonds. The van der Waals surface area contributed by atoms with Crippen LogP contribution >= 0.6 is 23.2 Å². The molecule has 0 aromatic carbocycles. The summed E-state index contributed by atoms with van der Waals surface area (Å²) < 4.78 is 4.10. The van der Waals surface area contributed by atoms with E-state index in [1.54, 1.807) is 6.92 Å². The third-order valence-electron chi connectivity index (χ3n) is 1.35. The van der Waals surface area contributed by atoms with E-state index in [1.165, 1.54) is 19.3 Å². The Morgan fingerprint density at radius 3 is 2.27 bits per heavy atom. The Labute approximate surface area is 79.0 Å². The van der Waals surface area contributed by atoms with Gasteiger partial charge in [0.2, 0.25) is 4.52 Å². The second kappa shape index (κ2) is 6.10. The highest BCUT2D eigenvalue weighted by Gasteiger charge is 2.15. The van der Waals surface area contributed by atoms with Gasteiger partial charge in [-0.25, -0.2) is 0 Å². The highest BCUT2D eigenvalue weighted by molar-refractivity contribution is 6.46. The normalized spacial score (nSPS) is 12.0. The van der Waals surface area contributed by atoms with Gasteiger partial charge in [0.25, 0.3) is 0 Å². The second-order valence-corrected chi connectivity index (χ2v) is 4.35. The van der Waals surface area contributed by atoms with Crippen molar-refractivity contribution in [1.82, 2.24) is 0 Å². The van der Waals surface area contributed by atoms with E-state index in [0.717, 1.165) is 6.42 Å². The molecule has 0 radical (unpaired) electrons. The van der Waals surface area contributed by atoms with Crippen molar-refractivity contribution in [2.45, 2.75) is 44.1 Å². The van der Waals surface area contributed by atoms with Crippen LogP contribution < -0.4 is 0 Å². The standard InChI is InChI=1S/C8H16Cl2O/c1-3-4-5-6-7-11-8(2,9)10/h3-7H2,1-2H3. The van der Waals surface area contributed by atoms with Crippen molar-refractivity contribution in [1.29, 1.82) is 0 Å². The first-order valence-corrected chi connectivity index (χ1v) is 4.83. The minimum absolute atomic E-state index is 0.656. The summed E-state index contributed by atoms with van der Waals surface area (Å²) in [6, 6.07) is 0. The van der Waals surface area contributed by atoms with Gasteiger partial charge in [-0.05, 0) is 13.3 Å². The first kappa shape index (κ1) is 11.5. The topological polar surface area (TPSA) is 9.23 Å². The molecule has 68 valence electrons. The van der Waals surface area contributed by atoms with Crippen molar-refractivity contribution in [3.8, 4) is 0 Å². The summed E-state index contributed by atoms with van der Waals surface area (Å²) in [6.07, 6.45) is 4.73. The maximum Gasteiger partial charge on any atom is 0.214 e. The van der Waals surface area contributed by atoms with E-state index >= 15 is 0 Å². The van der Waals surface area contributed by atoms with Crippen LogP contribution in [-0.4, -0.2) is 11.1 Å². The first-order valence-electron chi connectivity index (χ1n) is 4.08. The molecule has 0 aliphatic heterocycles. The lowest BCUT2D eigenvalue weighted by Gasteiger charge is -2.13. The lowest BCUT2D eigenvalue weighted by atomic mass is 10.2. The third-order valence-corrected chi connectivity index (χ3v) is 1.57. The van der Waals surface area contributed by atoms with E-state index in [4.69, 9.17) is 27.9 Å². The van der Waals surface area contributed by atoms with E-state index < -0.39 is 4.52 Å². The Morgan fingerprint density at radius 2 is 1.82 bits per heavy atom. The van der Waals surface area contributed by atoms with Gasteiger partial charge >= 0.3 is 0 Å². The molecule has 0 aromatic heterocycles. The molecule has 0 aliphatic carbocycles. The Kier molecular flexibility index (Phi) is 6.40. The van der Waals surface area contributed by atoms with Gasteiger partial charge in [-0.3, -0.25) is 0 Å². The smallest absolute Gasteiger partial charge is 0.214 e. The van der Waals surface area contributed by atoms with Crippen molar-refractivity contribution in [2.24, 2.45) is 0 Å². The highest BCUT2D eigenvalue weighted by atomic mass is 35.5. The summed E-state index contributed by atoms with van der Waals surface area (Å²) in [5.41, 5.74) is 0. The zero-order chi connectivity index (χ0) is 8.74. The van der Waals surface area contributed by atoms with Gasteiger partial charge in [-0.15, -0.1) is 0 Å². The molecular weight excluding hydrogens is 183 g/mol. The van der Waals surface area contributed by atoms with Gasteiger partial charge in [0, 0.05) is 0 Å². The highest BCUT2D eigenvalue weighted by Crippen LogP contribution is 2.21. The van der Waals surface area contributed by atoms with Gasteiger partial charge in [0.05, 0.1) is 6.61 Å². The predicted octanol–water partition coefficient (Wildman–Crippen LogP) is 3.73. The average molecular weight is 199 g/mol. The number of hydrogen-bond donors (Lipinski definition) is 0. The monoisotopic (exact) mass is 198 g/mol. The minimum atomic E-state index is -1.01. The summed E-state index contributed by atoms with van der Waals surface area (Å²) in [6.45, 7) is 4.47. The second-order valence-electron chi connectivity index (χ2n) is 2.72. The van der Waals surface area contributed by atoms with Crippen LogP contribution in [0.25, 0.3) is 0 Å². The molecule has 0 spiro atoms. The molecule has 0 saturated heterocycles. The molecule has 0 aliphatic rings. The summed E-state index contributed by atoms with van der Waals surface area (Å²) in [5.74, 6) is 0. The van der Waals surface area contributed by atoms with Crippen molar-refractivity contribution in [2.75, 3.05) is 6.61 Å². The molecule has 0 bridgehead atoms. The Hall–Kier alpha value is 0.540. The van der Waals surface area contributed by atoms with Crippen LogP contribution in [0.15, 0.2) is 0 Å². The van der Waals surface area contributed by atoms with Gasteiger partial charge in [0.15, 0.2) is 0 Å². The van der Waals surface area contributed by atoms with Crippen LogP contribution in [-0.2, 0) is 4.74 Å². The van der Waals surface area contributed by atoms with Crippen molar-refractivity contribution in [3.63, 3.8) is 0 Å². The van der Waals surface area contributed by atoms with Crippen LogP contribution in [0.3, 0.4) is 0 Å². The Bertz CT molecular complexity index is 88.6. The maximum atomic E-state index is 5.59. The van der Waals surface area contributed by atoms with Crippen LogP contribution in [0.2, 0.25) is 0 Å². The van der Waals surface area contributed by atoms with Gasteiger partial charge in [-0.1, -0.05) is 49.4 Å². The Morgan fingerprint density at radius 1 is 1.18 bits per heavy atom. The number of alkyl halides is 2. The molecule has 1 nitrogen and oxygen atoms in total. The molecule has 0 N–H and O–H groups in total. The van der Waals surface area contributed by atoms with Crippen molar-refractivity contribution in [3.05, 3.63) is 0 Å². The molecule has 0 heterocycles. The van der Waals surface area contributed by atoms with E-state index in [1.807, 2.05) is 0 Å². The lowest BCUT2D eigenvalue weighted by Crippen LogP contribution is -2.12. The van der Waals surface area contributed by atoms with E-state index in [2.05, 4.69) is 6.92 Å². The Balaban J connectivity index is 3.02. The summed E-state index contributed by atoms with van der Waals surface area (Å²) in [7, 11) is 0. The van der Waals surface area contributed by atoms with E-state index in [9.17, 15) is 0 Å². The van der Waals surface area contributed by atoms with Crippen molar-refractivity contribution < 1.29 is 4.74 Å². The minimum Gasteiger partial charge on any atom is -0.347 e. The van der Waals surface area contributed by atoms with Gasteiger partial charge in [-0.2, -0.15) is 0 Å². The van der Waals surface area contributed by atoms with Crippen LogP contribution in [0.5, 0.6) is 0 Å². The summed E-state index contributed by atoms with van der Waals surface area (Å²) in [5, 5.41) is 0. The molecule has 11 heavy (non-hydrogen) atoms. The average Bonchev–Trinajstić information content (AvgIpc) is 1.85. The SMILES string of the molecule is CCCCCCOC(C)(Cl)Cl. The van der Waals surface area contributed by atoms with Gasteiger partial charge < -0.3 is 4.74 Å². The predicted molar refractivity (Wildman–Crippen MR) is 50.2 cm³/mol. The van der Waals surface area contributed by atoms with Crippen molar-refractivity contribution >= 4 is 23.2 Å².